The van der Waals surface area contributed by atoms with E-state index in [0.717, 1.165) is 39.5 Å². The van der Waals surface area contributed by atoms with E-state index in [1.807, 2.05) is 6.08 Å². The number of fused-ring (bicyclic) bond motifs is 4. The van der Waals surface area contributed by atoms with Crippen molar-refractivity contribution in [2.45, 2.75) is 26.2 Å². The van der Waals surface area contributed by atoms with Gasteiger partial charge >= 0.3 is 0 Å². The van der Waals surface area contributed by atoms with Crippen LogP contribution in [0.5, 0.6) is 0 Å². The van der Waals surface area contributed by atoms with Gasteiger partial charge in [0.15, 0.2) is 0 Å². The van der Waals surface area contributed by atoms with Gasteiger partial charge in [-0.1, -0.05) is 142 Å². The zero-order valence-corrected chi connectivity index (χ0v) is 31.0. The van der Waals surface area contributed by atoms with E-state index in [-0.39, 0.29) is 5.41 Å². The summed E-state index contributed by atoms with van der Waals surface area (Å²) in [4.78, 5) is 2.39. The van der Waals surface area contributed by atoms with Crippen LogP contribution < -0.4 is 4.90 Å². The molecule has 54 heavy (non-hydrogen) atoms. The highest BCUT2D eigenvalue weighted by atomic mass is 15.1. The Balaban J connectivity index is 1.14. The Bertz CT molecular complexity index is 2680. The molecule has 0 radical (unpaired) electrons. The van der Waals surface area contributed by atoms with Gasteiger partial charge in [0, 0.05) is 39.1 Å². The summed E-state index contributed by atoms with van der Waals surface area (Å²) in [5.41, 5.74) is 18.0. The monoisotopic (exact) mass is 694 g/mol. The minimum Gasteiger partial charge on any atom is -0.310 e. The number of hydrogen-bond donors (Lipinski definition) is 0. The van der Waals surface area contributed by atoms with E-state index < -0.39 is 0 Å². The number of benzene rings is 7. The fourth-order valence-corrected chi connectivity index (χ4v) is 8.42. The zero-order valence-electron chi connectivity index (χ0n) is 31.0. The smallest absolute Gasteiger partial charge is 0.0541 e. The van der Waals surface area contributed by atoms with E-state index in [2.05, 4.69) is 219 Å². The molecule has 1 aliphatic carbocycles. The Kier molecular flexibility index (Phi) is 8.24. The first kappa shape index (κ1) is 33.2. The third-order valence-electron chi connectivity index (χ3n) is 11.1. The molecule has 0 saturated carbocycles. The molecule has 0 unspecified atom stereocenters. The molecule has 0 fully saturated rings. The van der Waals surface area contributed by atoms with Crippen molar-refractivity contribution < 1.29 is 0 Å². The van der Waals surface area contributed by atoms with Crippen LogP contribution in [0, 0.1) is 0 Å². The summed E-state index contributed by atoms with van der Waals surface area (Å²) in [7, 11) is 0. The van der Waals surface area contributed by atoms with E-state index in [4.69, 9.17) is 0 Å². The largest absolute Gasteiger partial charge is 0.310 e. The predicted molar refractivity (Wildman–Crippen MR) is 231 cm³/mol. The molecule has 260 valence electrons. The summed E-state index contributed by atoms with van der Waals surface area (Å²) in [5, 5.41) is 1.19. The minimum absolute atomic E-state index is 0.0934. The molecule has 8 aromatic rings. The molecule has 0 saturated heterocycles. The van der Waals surface area contributed by atoms with Crippen molar-refractivity contribution in [2.24, 2.45) is 0 Å². The molecule has 1 aliphatic rings. The standard InChI is InChI=1S/C52H42N2/c1-5-15-50-44(6-2)47-34-39(26-33-51(47)54(50)40-18-11-8-12-19-40)38-24-29-42(30-25-38)53(41-27-22-37(23-28-41)36-16-9-7-10-17-36)43-31-32-46-45-20-13-14-21-48(45)52(3,4)49(46)35-43/h5-35H,2H2,1,3-4H3/b15-5-. The first-order chi connectivity index (χ1) is 26.5. The number of nitrogens with zero attached hydrogens (tertiary/aromatic N) is 2. The highest BCUT2D eigenvalue weighted by Crippen LogP contribution is 2.50. The molecule has 0 bridgehead atoms. The summed E-state index contributed by atoms with van der Waals surface area (Å²) in [6.07, 6.45) is 6.27. The lowest BCUT2D eigenvalue weighted by Gasteiger charge is -2.28. The normalized spacial score (nSPS) is 12.9. The number of hydrogen-bond acceptors (Lipinski definition) is 1. The van der Waals surface area contributed by atoms with Crippen LogP contribution in [0.2, 0.25) is 0 Å². The Morgan fingerprint density at radius 2 is 1.09 bits per heavy atom. The van der Waals surface area contributed by atoms with Crippen LogP contribution in [0.15, 0.2) is 183 Å². The lowest BCUT2D eigenvalue weighted by Crippen LogP contribution is -2.16. The molecule has 0 amide bonds. The fourth-order valence-electron chi connectivity index (χ4n) is 8.42. The highest BCUT2D eigenvalue weighted by Gasteiger charge is 2.35. The van der Waals surface area contributed by atoms with Gasteiger partial charge in [-0.3, -0.25) is 0 Å². The molecule has 1 heterocycles. The molecule has 7 aromatic carbocycles. The SMILES string of the molecule is C=Cc1c(/C=C\C)n(-c2ccccc2)c2ccc(-c3ccc(N(c4ccc(-c5ccccc5)cc4)c4ccc5c(c4)C(C)(C)c4ccccc4-5)cc3)cc12. The van der Waals surface area contributed by atoms with Crippen molar-refractivity contribution in [3.05, 3.63) is 205 Å². The van der Waals surface area contributed by atoms with Gasteiger partial charge < -0.3 is 9.47 Å². The Hall–Kier alpha value is -6.64. The van der Waals surface area contributed by atoms with Gasteiger partial charge in [0.05, 0.1) is 11.2 Å². The summed E-state index contributed by atoms with van der Waals surface area (Å²) < 4.78 is 2.33. The van der Waals surface area contributed by atoms with Crippen molar-refractivity contribution >= 4 is 40.1 Å². The van der Waals surface area contributed by atoms with E-state index in [1.165, 1.54) is 49.9 Å². The number of para-hydroxylation sites is 1. The van der Waals surface area contributed by atoms with E-state index in [9.17, 15) is 0 Å². The van der Waals surface area contributed by atoms with Gasteiger partial charge in [0.25, 0.3) is 0 Å². The minimum atomic E-state index is -0.0934. The fraction of sp³-hybridized carbons (Fsp3) is 0.0769. The number of aromatic nitrogens is 1. The van der Waals surface area contributed by atoms with Crippen LogP contribution >= 0.6 is 0 Å². The van der Waals surface area contributed by atoms with E-state index in [1.54, 1.807) is 0 Å². The quantitative estimate of drug-likeness (QED) is 0.154. The molecule has 0 aliphatic heterocycles. The average molecular weight is 695 g/mol. The summed E-state index contributed by atoms with van der Waals surface area (Å²) in [6, 6.07) is 61.8. The van der Waals surface area contributed by atoms with Crippen molar-refractivity contribution in [3.8, 4) is 39.1 Å². The van der Waals surface area contributed by atoms with Crippen molar-refractivity contribution in [1.82, 2.24) is 4.57 Å². The van der Waals surface area contributed by atoms with Crippen LogP contribution in [0.25, 0.3) is 62.1 Å². The van der Waals surface area contributed by atoms with Crippen LogP contribution in [0.4, 0.5) is 17.1 Å². The molecule has 0 N–H and O–H groups in total. The lowest BCUT2D eigenvalue weighted by atomic mass is 9.82. The number of rotatable bonds is 8. The lowest BCUT2D eigenvalue weighted by molar-refractivity contribution is 0.660. The van der Waals surface area contributed by atoms with Crippen molar-refractivity contribution in [3.63, 3.8) is 0 Å². The van der Waals surface area contributed by atoms with Gasteiger partial charge in [-0.25, -0.2) is 0 Å². The van der Waals surface area contributed by atoms with Gasteiger partial charge in [0.2, 0.25) is 0 Å². The summed E-state index contributed by atoms with van der Waals surface area (Å²) >= 11 is 0. The summed E-state index contributed by atoms with van der Waals surface area (Å²) in [6.45, 7) is 11.0. The second-order valence-corrected chi connectivity index (χ2v) is 14.6. The second-order valence-electron chi connectivity index (χ2n) is 14.6. The second kappa shape index (κ2) is 13.4. The van der Waals surface area contributed by atoms with Gasteiger partial charge in [-0.05, 0) is 118 Å². The molecular formula is C52H42N2. The first-order valence-corrected chi connectivity index (χ1v) is 18.8. The van der Waals surface area contributed by atoms with Crippen LogP contribution in [-0.4, -0.2) is 4.57 Å². The maximum absolute atomic E-state index is 4.23. The van der Waals surface area contributed by atoms with Crippen LogP contribution in [0.1, 0.15) is 43.2 Å². The van der Waals surface area contributed by atoms with Gasteiger partial charge in [0.1, 0.15) is 0 Å². The van der Waals surface area contributed by atoms with Gasteiger partial charge in [-0.15, -0.1) is 0 Å². The Morgan fingerprint density at radius 1 is 0.537 bits per heavy atom. The number of allylic oxidation sites excluding steroid dienone is 1. The number of anilines is 3. The maximum Gasteiger partial charge on any atom is 0.0541 e. The maximum atomic E-state index is 4.23. The van der Waals surface area contributed by atoms with Crippen molar-refractivity contribution in [2.75, 3.05) is 4.90 Å². The van der Waals surface area contributed by atoms with Crippen molar-refractivity contribution in [1.29, 1.82) is 0 Å². The van der Waals surface area contributed by atoms with Crippen LogP contribution in [-0.2, 0) is 5.41 Å². The van der Waals surface area contributed by atoms with E-state index in [0.29, 0.717) is 0 Å². The molecule has 0 spiro atoms. The molecule has 0 atom stereocenters. The Labute approximate surface area is 318 Å². The van der Waals surface area contributed by atoms with Gasteiger partial charge in [-0.2, -0.15) is 0 Å². The Morgan fingerprint density at radius 3 is 1.76 bits per heavy atom. The zero-order chi connectivity index (χ0) is 36.8. The van der Waals surface area contributed by atoms with E-state index >= 15 is 0 Å². The molecule has 2 heteroatoms. The molecule has 2 nitrogen and oxygen atoms in total. The molecule has 1 aromatic heterocycles. The third-order valence-corrected chi connectivity index (χ3v) is 11.1. The first-order valence-electron chi connectivity index (χ1n) is 18.8. The third kappa shape index (κ3) is 5.50. The molecule has 9 rings (SSSR count). The topological polar surface area (TPSA) is 8.17 Å². The average Bonchev–Trinajstić information content (AvgIpc) is 3.66. The van der Waals surface area contributed by atoms with Crippen LogP contribution in [0.3, 0.4) is 0 Å². The highest BCUT2D eigenvalue weighted by molar-refractivity contribution is 5.98. The molecular weight excluding hydrogens is 653 g/mol. The summed E-state index contributed by atoms with van der Waals surface area (Å²) in [5.74, 6) is 0. The predicted octanol–water partition coefficient (Wildman–Crippen LogP) is 14.4.